The maximum atomic E-state index is 4.42. The Labute approximate surface area is 171 Å². The van der Waals surface area contributed by atoms with Crippen LogP contribution < -0.4 is 0 Å². The predicted octanol–water partition coefficient (Wildman–Crippen LogP) is 4.61. The Hall–Kier alpha value is -3.03. The van der Waals surface area contributed by atoms with Gasteiger partial charge in [-0.3, -0.25) is 9.97 Å². The first-order valence-corrected chi connectivity index (χ1v) is 16.1. The minimum Gasteiger partial charge on any atom is -0.255 e. The molecule has 2 nitrogen and oxygen atoms in total. The summed E-state index contributed by atoms with van der Waals surface area (Å²) in [5, 5.41) is 0. The minimum absolute atomic E-state index is 0.766. The molecule has 0 saturated heterocycles. The van der Waals surface area contributed by atoms with E-state index >= 15 is 0 Å². The molecule has 0 bridgehead atoms. The Morgan fingerprint density at radius 3 is 1.36 bits per heavy atom. The number of aromatic nitrogens is 2. The second kappa shape index (κ2) is 9.26. The molecular weight excluding hydrogens is 372 g/mol. The SMILES string of the molecule is C[Si](C)(C)C#CC#Cc1ccnc(-c2cc(C#CC#C[Si](C)(C)C)ccn2)c1. The number of hydrogen-bond acceptors (Lipinski definition) is 2. The van der Waals surface area contributed by atoms with E-state index in [2.05, 4.69) is 95.9 Å². The highest BCUT2D eigenvalue weighted by molar-refractivity contribution is 6.84. The van der Waals surface area contributed by atoms with Crippen LogP contribution in [0.4, 0.5) is 0 Å². The third-order valence-electron chi connectivity index (χ3n) is 3.20. The zero-order valence-electron chi connectivity index (χ0n) is 17.4. The molecular formula is C24H24N2Si2. The summed E-state index contributed by atoms with van der Waals surface area (Å²) in [6.07, 6.45) is 3.48. The van der Waals surface area contributed by atoms with E-state index in [0.717, 1.165) is 22.5 Å². The van der Waals surface area contributed by atoms with Gasteiger partial charge in [0.25, 0.3) is 0 Å². The summed E-state index contributed by atoms with van der Waals surface area (Å²) in [6.45, 7) is 13.2. The lowest BCUT2D eigenvalue weighted by Crippen LogP contribution is -2.16. The molecule has 2 aromatic rings. The van der Waals surface area contributed by atoms with Gasteiger partial charge in [0.2, 0.25) is 0 Å². The highest BCUT2D eigenvalue weighted by Crippen LogP contribution is 2.16. The number of pyridine rings is 2. The Balaban J connectivity index is 2.25. The smallest absolute Gasteiger partial charge is 0.130 e. The minimum atomic E-state index is -1.40. The first kappa shape index (κ1) is 21.3. The van der Waals surface area contributed by atoms with Crippen LogP contribution in [-0.2, 0) is 0 Å². The van der Waals surface area contributed by atoms with Crippen LogP contribution >= 0.6 is 0 Å². The van der Waals surface area contributed by atoms with Gasteiger partial charge in [-0.2, -0.15) is 0 Å². The van der Waals surface area contributed by atoms with Crippen LogP contribution in [0.2, 0.25) is 39.3 Å². The maximum Gasteiger partial charge on any atom is 0.130 e. The third-order valence-corrected chi connectivity index (χ3v) is 4.95. The molecule has 0 unspecified atom stereocenters. The van der Waals surface area contributed by atoms with Crippen molar-refractivity contribution in [1.29, 1.82) is 0 Å². The van der Waals surface area contributed by atoms with Gasteiger partial charge in [0, 0.05) is 23.5 Å². The van der Waals surface area contributed by atoms with Crippen LogP contribution in [0.1, 0.15) is 11.1 Å². The van der Waals surface area contributed by atoms with Gasteiger partial charge < -0.3 is 0 Å². The Morgan fingerprint density at radius 1 is 0.607 bits per heavy atom. The van der Waals surface area contributed by atoms with Gasteiger partial charge in [-0.1, -0.05) is 51.1 Å². The number of rotatable bonds is 1. The molecule has 0 aliphatic rings. The molecule has 0 aromatic carbocycles. The van der Waals surface area contributed by atoms with Gasteiger partial charge in [0.05, 0.1) is 11.4 Å². The molecule has 2 rings (SSSR count). The van der Waals surface area contributed by atoms with E-state index in [4.69, 9.17) is 0 Å². The molecule has 0 spiro atoms. The molecule has 2 aromatic heterocycles. The van der Waals surface area contributed by atoms with Crippen molar-refractivity contribution in [2.75, 3.05) is 0 Å². The van der Waals surface area contributed by atoms with Gasteiger partial charge in [0.1, 0.15) is 16.1 Å². The fraction of sp³-hybridized carbons (Fsp3) is 0.250. The van der Waals surface area contributed by atoms with Crippen LogP contribution in [0.25, 0.3) is 11.4 Å². The molecule has 2 heterocycles. The van der Waals surface area contributed by atoms with Crippen molar-refractivity contribution in [2.45, 2.75) is 39.3 Å². The van der Waals surface area contributed by atoms with Crippen molar-refractivity contribution in [3.05, 3.63) is 47.8 Å². The van der Waals surface area contributed by atoms with Crippen LogP contribution in [0.15, 0.2) is 36.7 Å². The molecule has 0 N–H and O–H groups in total. The van der Waals surface area contributed by atoms with E-state index in [0.29, 0.717) is 0 Å². The number of hydrogen-bond donors (Lipinski definition) is 0. The lowest BCUT2D eigenvalue weighted by Gasteiger charge is -2.02. The van der Waals surface area contributed by atoms with Crippen molar-refractivity contribution in [2.24, 2.45) is 0 Å². The fourth-order valence-electron chi connectivity index (χ4n) is 1.94. The maximum absolute atomic E-state index is 4.42. The zero-order chi connectivity index (χ0) is 20.6. The van der Waals surface area contributed by atoms with Gasteiger partial charge >= 0.3 is 0 Å². The first-order valence-electron chi connectivity index (χ1n) is 9.11. The Bertz CT molecular complexity index is 1010. The van der Waals surface area contributed by atoms with E-state index < -0.39 is 16.1 Å². The average molecular weight is 397 g/mol. The summed E-state index contributed by atoms with van der Waals surface area (Å²) in [6, 6.07) is 7.60. The Kier molecular flexibility index (Phi) is 7.03. The summed E-state index contributed by atoms with van der Waals surface area (Å²) in [4.78, 5) is 8.83. The third kappa shape index (κ3) is 8.11. The summed E-state index contributed by atoms with van der Waals surface area (Å²) < 4.78 is 0. The highest BCUT2D eigenvalue weighted by atomic mass is 28.3. The van der Waals surface area contributed by atoms with Gasteiger partial charge in [-0.25, -0.2) is 0 Å². The molecule has 0 aliphatic heterocycles. The standard InChI is InChI=1S/C24H24N2Si2/c1-27(2,3)17-9-7-11-21-13-15-25-23(19-21)24-20-22(14-16-26-24)12-8-10-18-28(4,5)6/h13-16,19-20H,1-6H3. The van der Waals surface area contributed by atoms with Gasteiger partial charge in [-0.15, -0.1) is 11.1 Å². The molecule has 138 valence electrons. The van der Waals surface area contributed by atoms with E-state index in [9.17, 15) is 0 Å². The molecule has 0 amide bonds. The van der Waals surface area contributed by atoms with Gasteiger partial charge in [-0.05, 0) is 47.9 Å². The second-order valence-corrected chi connectivity index (χ2v) is 17.9. The van der Waals surface area contributed by atoms with Crippen LogP contribution in [0, 0.1) is 46.6 Å². The molecule has 0 atom stereocenters. The monoisotopic (exact) mass is 396 g/mol. The summed E-state index contributed by atoms with van der Waals surface area (Å²) in [5.41, 5.74) is 9.76. The van der Waals surface area contributed by atoms with Crippen molar-refractivity contribution < 1.29 is 0 Å². The van der Waals surface area contributed by atoms with Crippen molar-refractivity contribution in [1.82, 2.24) is 9.97 Å². The van der Waals surface area contributed by atoms with E-state index in [1.165, 1.54) is 0 Å². The van der Waals surface area contributed by atoms with E-state index in [1.807, 2.05) is 24.3 Å². The Morgan fingerprint density at radius 2 is 1.00 bits per heavy atom. The highest BCUT2D eigenvalue weighted by Gasteiger charge is 2.07. The van der Waals surface area contributed by atoms with Crippen LogP contribution in [0.3, 0.4) is 0 Å². The lowest BCUT2D eigenvalue weighted by atomic mass is 10.1. The molecule has 28 heavy (non-hydrogen) atoms. The largest absolute Gasteiger partial charge is 0.255 e. The van der Waals surface area contributed by atoms with E-state index in [-0.39, 0.29) is 0 Å². The molecule has 0 fully saturated rings. The summed E-state index contributed by atoms with van der Waals surface area (Å²) in [5.74, 6) is 18.0. The number of nitrogens with zero attached hydrogens (tertiary/aromatic N) is 2. The normalized spacial score (nSPS) is 10.1. The molecule has 4 heteroatoms. The first-order chi connectivity index (χ1) is 13.1. The molecule has 0 saturated carbocycles. The fourth-order valence-corrected chi connectivity index (χ4v) is 2.82. The van der Waals surface area contributed by atoms with Crippen molar-refractivity contribution in [3.8, 4) is 58.0 Å². The van der Waals surface area contributed by atoms with Crippen molar-refractivity contribution in [3.63, 3.8) is 0 Å². The molecule has 0 aliphatic carbocycles. The quantitative estimate of drug-likeness (QED) is 0.520. The van der Waals surface area contributed by atoms with E-state index in [1.54, 1.807) is 12.4 Å². The topological polar surface area (TPSA) is 25.8 Å². The average Bonchev–Trinajstić information content (AvgIpc) is 2.61. The molecule has 0 radical (unpaired) electrons. The zero-order valence-corrected chi connectivity index (χ0v) is 19.4. The van der Waals surface area contributed by atoms with Crippen LogP contribution in [0.5, 0.6) is 0 Å². The van der Waals surface area contributed by atoms with Crippen LogP contribution in [-0.4, -0.2) is 26.1 Å². The van der Waals surface area contributed by atoms with Crippen molar-refractivity contribution >= 4 is 16.1 Å². The lowest BCUT2D eigenvalue weighted by molar-refractivity contribution is 1.24. The van der Waals surface area contributed by atoms with Gasteiger partial charge in [0.15, 0.2) is 0 Å². The predicted molar refractivity (Wildman–Crippen MR) is 123 cm³/mol. The summed E-state index contributed by atoms with van der Waals surface area (Å²) >= 11 is 0. The second-order valence-electron chi connectivity index (χ2n) is 8.36. The summed E-state index contributed by atoms with van der Waals surface area (Å²) in [7, 11) is -2.79.